The number of aryl methyl sites for hydroxylation is 1. The number of rotatable bonds is 6. The van der Waals surface area contributed by atoms with Crippen molar-refractivity contribution in [1.29, 1.82) is 0 Å². The number of nitrogens with two attached hydrogens (primary N) is 1. The summed E-state index contributed by atoms with van der Waals surface area (Å²) in [6, 6.07) is 7.93. The molecule has 0 aliphatic heterocycles. The van der Waals surface area contributed by atoms with Crippen LogP contribution in [-0.2, 0) is 5.60 Å². The Labute approximate surface area is 206 Å². The zero-order chi connectivity index (χ0) is 25.5. The molecule has 3 aromatic heterocycles. The summed E-state index contributed by atoms with van der Waals surface area (Å²) in [6.07, 6.45) is 2.82. The van der Waals surface area contributed by atoms with Gasteiger partial charge in [0.15, 0.2) is 11.6 Å². The second kappa shape index (κ2) is 9.16. The van der Waals surface area contributed by atoms with Gasteiger partial charge in [0, 0.05) is 35.6 Å². The molecule has 0 aliphatic rings. The van der Waals surface area contributed by atoms with Crippen LogP contribution in [0.4, 0.5) is 10.1 Å². The Morgan fingerprint density at radius 2 is 1.89 bits per heavy atom. The molecule has 4 rings (SSSR count). The number of pyridine rings is 2. The molecule has 8 nitrogen and oxygen atoms in total. The highest BCUT2D eigenvalue weighted by atomic mass is 35.5. The van der Waals surface area contributed by atoms with Crippen molar-refractivity contribution in [2.75, 3.05) is 5.32 Å². The third kappa shape index (κ3) is 4.91. The number of aliphatic hydroxyl groups is 1. The predicted molar refractivity (Wildman–Crippen MR) is 133 cm³/mol. The molecule has 35 heavy (non-hydrogen) atoms. The highest BCUT2D eigenvalue weighted by molar-refractivity contribution is 6.35. The van der Waals surface area contributed by atoms with E-state index in [4.69, 9.17) is 17.3 Å². The molecule has 0 saturated carbocycles. The summed E-state index contributed by atoms with van der Waals surface area (Å²) in [5.41, 5.74) is 7.39. The van der Waals surface area contributed by atoms with Crippen LogP contribution in [0.1, 0.15) is 54.3 Å². The Kier molecular flexibility index (Phi) is 6.40. The summed E-state index contributed by atoms with van der Waals surface area (Å²) >= 11 is 6.61. The molecule has 1 aromatic carbocycles. The molecule has 0 spiro atoms. The fourth-order valence-electron chi connectivity index (χ4n) is 3.62. The first-order chi connectivity index (χ1) is 16.5. The number of carbonyl (C=O) groups excluding carboxylic acids is 1. The molecule has 10 heteroatoms. The van der Waals surface area contributed by atoms with Gasteiger partial charge in [-0.15, -0.1) is 0 Å². The van der Waals surface area contributed by atoms with Gasteiger partial charge in [-0.2, -0.15) is 0 Å². The number of hydrogen-bond donors (Lipinski definition) is 3. The van der Waals surface area contributed by atoms with E-state index in [0.29, 0.717) is 38.6 Å². The maximum absolute atomic E-state index is 15.0. The van der Waals surface area contributed by atoms with Crippen LogP contribution in [0, 0.1) is 12.7 Å². The van der Waals surface area contributed by atoms with Crippen molar-refractivity contribution in [3.63, 3.8) is 0 Å². The summed E-state index contributed by atoms with van der Waals surface area (Å²) < 4.78 is 15.0. The summed E-state index contributed by atoms with van der Waals surface area (Å²) in [4.78, 5) is 28.8. The summed E-state index contributed by atoms with van der Waals surface area (Å²) in [5, 5.41) is 13.8. The average molecular weight is 495 g/mol. The van der Waals surface area contributed by atoms with E-state index in [1.807, 2.05) is 13.0 Å². The molecule has 0 unspecified atom stereocenters. The third-order valence-electron chi connectivity index (χ3n) is 5.52. The van der Waals surface area contributed by atoms with Gasteiger partial charge in [0.05, 0.1) is 21.9 Å². The lowest BCUT2D eigenvalue weighted by Gasteiger charge is -2.20. The quantitative estimate of drug-likeness (QED) is 0.355. The number of nitrogens with zero attached hydrogens (tertiary/aromatic N) is 4. The topological polar surface area (TPSA) is 127 Å². The van der Waals surface area contributed by atoms with Crippen molar-refractivity contribution in [2.45, 2.75) is 39.3 Å². The largest absolute Gasteiger partial charge is 0.382 e. The number of nitrogens with one attached hydrogen (secondary N) is 1. The Bertz CT molecular complexity index is 1440. The number of halogens is 2. The molecule has 180 valence electrons. The third-order valence-corrected chi connectivity index (χ3v) is 5.98. The first-order valence-electron chi connectivity index (χ1n) is 10.8. The van der Waals surface area contributed by atoms with E-state index in [-0.39, 0.29) is 17.6 Å². The van der Waals surface area contributed by atoms with Crippen LogP contribution in [0.2, 0.25) is 5.02 Å². The van der Waals surface area contributed by atoms with Crippen LogP contribution in [0.5, 0.6) is 0 Å². The smallest absolute Gasteiger partial charge is 0.248 e. The van der Waals surface area contributed by atoms with Crippen LogP contribution in [0.3, 0.4) is 0 Å². The van der Waals surface area contributed by atoms with Gasteiger partial charge >= 0.3 is 0 Å². The van der Waals surface area contributed by atoms with E-state index in [2.05, 4.69) is 25.3 Å². The molecular weight excluding hydrogens is 471 g/mol. The summed E-state index contributed by atoms with van der Waals surface area (Å²) in [5.74, 6) is -0.918. The number of aromatic nitrogens is 4. The number of primary amides is 1. The minimum Gasteiger partial charge on any atom is -0.382 e. The highest BCUT2D eigenvalue weighted by Gasteiger charge is 2.22. The lowest BCUT2D eigenvalue weighted by atomic mass is 10.0. The molecule has 0 bridgehead atoms. The van der Waals surface area contributed by atoms with E-state index in [1.165, 1.54) is 18.5 Å². The van der Waals surface area contributed by atoms with Gasteiger partial charge in [0.2, 0.25) is 5.91 Å². The molecule has 1 atom stereocenters. The Morgan fingerprint density at radius 3 is 2.51 bits per heavy atom. The van der Waals surface area contributed by atoms with Gasteiger partial charge < -0.3 is 16.2 Å². The number of fused-ring (bicyclic) bond motifs is 1. The number of benzene rings is 1. The Morgan fingerprint density at radius 1 is 1.20 bits per heavy atom. The van der Waals surface area contributed by atoms with Crippen molar-refractivity contribution in [3.05, 3.63) is 76.2 Å². The SMILES string of the molecule is Cc1nc2cc(F)c(-c3cnc(C(C)(C)O)nc3)nc2c(N[C@H](C)c2cccc(C(N)=O)c2)c1Cl. The van der Waals surface area contributed by atoms with Crippen molar-refractivity contribution in [1.82, 2.24) is 19.9 Å². The van der Waals surface area contributed by atoms with E-state index in [9.17, 15) is 9.90 Å². The minimum absolute atomic E-state index is 0.0212. The number of amides is 1. The molecular formula is C25H24ClFN6O2. The first-order valence-corrected chi connectivity index (χ1v) is 11.2. The van der Waals surface area contributed by atoms with Gasteiger partial charge in [-0.1, -0.05) is 23.7 Å². The molecule has 0 fully saturated rings. The van der Waals surface area contributed by atoms with E-state index >= 15 is 4.39 Å². The highest BCUT2D eigenvalue weighted by Crippen LogP contribution is 2.36. The normalized spacial score (nSPS) is 12.5. The van der Waals surface area contributed by atoms with Crippen LogP contribution in [-0.4, -0.2) is 30.9 Å². The number of anilines is 1. The maximum atomic E-state index is 15.0. The van der Waals surface area contributed by atoms with Gasteiger partial charge in [0.1, 0.15) is 16.8 Å². The predicted octanol–water partition coefficient (Wildman–Crippen LogP) is 4.69. The molecule has 1 amide bonds. The standard InChI is InChI=1S/C25H24ClFN6O2/c1-12(14-6-5-7-15(8-14)23(28)34)32-22-19(26)13(2)31-18-9-17(27)20(33-21(18)22)16-10-29-24(30-11-16)25(3,4)35/h5-12,35H,1-4H3,(H2,28,34)(H,31,32)/t12-/m1/s1. The summed E-state index contributed by atoms with van der Waals surface area (Å²) in [6.45, 7) is 6.74. The fraction of sp³-hybridized carbons (Fsp3) is 0.240. The fourth-order valence-corrected chi connectivity index (χ4v) is 3.81. The number of hydrogen-bond acceptors (Lipinski definition) is 7. The van der Waals surface area contributed by atoms with Crippen LogP contribution in [0.15, 0.2) is 42.7 Å². The monoisotopic (exact) mass is 494 g/mol. The second-order valence-electron chi connectivity index (χ2n) is 8.78. The van der Waals surface area contributed by atoms with Crippen LogP contribution < -0.4 is 11.1 Å². The van der Waals surface area contributed by atoms with Gasteiger partial charge in [0.25, 0.3) is 0 Å². The lowest BCUT2D eigenvalue weighted by Crippen LogP contribution is -2.19. The van der Waals surface area contributed by atoms with Crippen molar-refractivity contribution in [3.8, 4) is 11.3 Å². The van der Waals surface area contributed by atoms with Crippen molar-refractivity contribution in [2.24, 2.45) is 5.73 Å². The first kappa shape index (κ1) is 24.4. The maximum Gasteiger partial charge on any atom is 0.248 e. The minimum atomic E-state index is -1.23. The van der Waals surface area contributed by atoms with Gasteiger partial charge in [-0.05, 0) is 45.4 Å². The second-order valence-corrected chi connectivity index (χ2v) is 9.16. The van der Waals surface area contributed by atoms with E-state index < -0.39 is 17.3 Å². The zero-order valence-electron chi connectivity index (χ0n) is 19.6. The van der Waals surface area contributed by atoms with Gasteiger partial charge in [-0.3, -0.25) is 4.79 Å². The van der Waals surface area contributed by atoms with Crippen molar-refractivity contribution >= 4 is 34.2 Å². The molecule has 4 aromatic rings. The molecule has 0 saturated heterocycles. The lowest BCUT2D eigenvalue weighted by molar-refractivity contribution is 0.0687. The van der Waals surface area contributed by atoms with Crippen LogP contribution in [0.25, 0.3) is 22.3 Å². The zero-order valence-corrected chi connectivity index (χ0v) is 20.4. The number of carbonyl (C=O) groups is 1. The molecule has 3 heterocycles. The molecule has 4 N–H and O–H groups in total. The average Bonchev–Trinajstić information content (AvgIpc) is 2.81. The van der Waals surface area contributed by atoms with Crippen LogP contribution >= 0.6 is 11.6 Å². The van der Waals surface area contributed by atoms with E-state index in [1.54, 1.807) is 39.0 Å². The molecule has 0 aliphatic carbocycles. The molecule has 0 radical (unpaired) electrons. The van der Waals surface area contributed by atoms with Crippen molar-refractivity contribution < 1.29 is 14.3 Å². The van der Waals surface area contributed by atoms with Gasteiger partial charge in [-0.25, -0.2) is 24.3 Å². The Balaban J connectivity index is 1.81. The van der Waals surface area contributed by atoms with E-state index in [0.717, 1.165) is 5.56 Å². The Hall–Kier alpha value is -3.69. The summed E-state index contributed by atoms with van der Waals surface area (Å²) in [7, 11) is 0.